The van der Waals surface area contributed by atoms with Crippen molar-refractivity contribution >= 4 is 17.7 Å². The molecule has 1 atom stereocenters. The summed E-state index contributed by atoms with van der Waals surface area (Å²) < 4.78 is 42.4. The predicted molar refractivity (Wildman–Crippen MR) is 108 cm³/mol. The van der Waals surface area contributed by atoms with Crippen LogP contribution in [0.25, 0.3) is 11.4 Å². The predicted octanol–water partition coefficient (Wildman–Crippen LogP) is 2.44. The number of carboxylic acids is 1. The number of rotatable bonds is 4. The van der Waals surface area contributed by atoms with Crippen molar-refractivity contribution in [1.82, 2.24) is 20.0 Å². The summed E-state index contributed by atoms with van der Waals surface area (Å²) in [5, 5.41) is 21.9. The van der Waals surface area contributed by atoms with Crippen molar-refractivity contribution in [3.05, 3.63) is 59.6 Å². The van der Waals surface area contributed by atoms with Gasteiger partial charge in [0.2, 0.25) is 5.82 Å². The molecule has 1 aromatic carbocycles. The summed E-state index contributed by atoms with van der Waals surface area (Å²) in [5.41, 5.74) is 0.596. The molecule has 3 aromatic rings. The minimum absolute atomic E-state index is 0.130. The highest BCUT2D eigenvalue weighted by Gasteiger charge is 2.39. The smallest absolute Gasteiger partial charge is 0.471 e. The van der Waals surface area contributed by atoms with Crippen LogP contribution in [-0.2, 0) is 11.0 Å². The lowest BCUT2D eigenvalue weighted by Crippen LogP contribution is -2.58. The second kappa shape index (κ2) is 8.81. The van der Waals surface area contributed by atoms with Crippen LogP contribution < -0.4 is 4.90 Å². The molecule has 34 heavy (non-hydrogen) atoms. The van der Waals surface area contributed by atoms with Crippen LogP contribution in [0.3, 0.4) is 0 Å². The number of hydrogen-bond donors (Lipinski definition) is 1. The molecule has 13 heteroatoms. The minimum atomic E-state index is -4.80. The Morgan fingerprint density at radius 2 is 2.00 bits per heavy atom. The first kappa shape index (κ1) is 22.7. The van der Waals surface area contributed by atoms with E-state index in [-0.39, 0.29) is 36.6 Å². The largest absolute Gasteiger partial charge is 0.480 e. The van der Waals surface area contributed by atoms with Gasteiger partial charge in [-0.25, -0.2) is 9.78 Å². The van der Waals surface area contributed by atoms with E-state index in [1.165, 1.54) is 52.4 Å². The first-order valence-electron chi connectivity index (χ1n) is 9.83. The van der Waals surface area contributed by atoms with E-state index in [0.717, 1.165) is 0 Å². The maximum Gasteiger partial charge on any atom is 0.471 e. The van der Waals surface area contributed by atoms with E-state index >= 15 is 0 Å². The Bertz CT molecular complexity index is 1270. The van der Waals surface area contributed by atoms with Crippen molar-refractivity contribution in [2.45, 2.75) is 12.2 Å². The van der Waals surface area contributed by atoms with Gasteiger partial charge >= 0.3 is 18.0 Å². The fraction of sp³-hybridized carbons (Fsp3) is 0.238. The molecular formula is C21H15F3N6O4. The lowest BCUT2D eigenvalue weighted by Gasteiger charge is -2.40. The number of hydrogen-bond acceptors (Lipinski definition) is 8. The molecule has 1 unspecified atom stereocenters. The molecule has 2 aromatic heterocycles. The van der Waals surface area contributed by atoms with Crippen LogP contribution in [0.5, 0.6) is 0 Å². The number of halogens is 3. The number of aromatic nitrogens is 3. The molecule has 0 radical (unpaired) electrons. The number of piperazine rings is 1. The van der Waals surface area contributed by atoms with Crippen molar-refractivity contribution in [3.8, 4) is 17.5 Å². The zero-order valence-electron chi connectivity index (χ0n) is 17.2. The SMILES string of the molecule is N#Cc1ccc(N2CCN(C(=O)c3cccc(-c4noc(C(F)(F)F)n4)c3)CC2C(=O)O)nc1. The number of pyridine rings is 1. The Hall–Kier alpha value is -4.47. The average Bonchev–Trinajstić information content (AvgIpc) is 3.35. The number of nitrogens with zero attached hydrogens (tertiary/aromatic N) is 6. The molecule has 0 spiro atoms. The molecule has 1 aliphatic rings. The fourth-order valence-electron chi connectivity index (χ4n) is 3.50. The molecule has 1 fully saturated rings. The third kappa shape index (κ3) is 4.51. The molecule has 10 nitrogen and oxygen atoms in total. The van der Waals surface area contributed by atoms with Crippen LogP contribution in [0, 0.1) is 11.3 Å². The van der Waals surface area contributed by atoms with Gasteiger partial charge in [-0.15, -0.1) is 0 Å². The second-order valence-corrected chi connectivity index (χ2v) is 7.32. The number of amides is 1. The summed E-state index contributed by atoms with van der Waals surface area (Å²) in [6, 6.07) is 9.56. The van der Waals surface area contributed by atoms with E-state index < -0.39 is 30.0 Å². The van der Waals surface area contributed by atoms with Crippen LogP contribution in [-0.4, -0.2) is 62.7 Å². The second-order valence-electron chi connectivity index (χ2n) is 7.32. The maximum absolute atomic E-state index is 13.1. The lowest BCUT2D eigenvalue weighted by atomic mass is 10.1. The van der Waals surface area contributed by atoms with Crippen LogP contribution >= 0.6 is 0 Å². The van der Waals surface area contributed by atoms with Gasteiger partial charge in [0.15, 0.2) is 0 Å². The summed E-state index contributed by atoms with van der Waals surface area (Å²) in [4.78, 5) is 35.3. The molecule has 4 rings (SSSR count). The number of alkyl halides is 3. The van der Waals surface area contributed by atoms with Gasteiger partial charge in [0.1, 0.15) is 17.9 Å². The van der Waals surface area contributed by atoms with Gasteiger partial charge in [-0.2, -0.15) is 23.4 Å². The summed E-state index contributed by atoms with van der Waals surface area (Å²) in [5.74, 6) is -3.14. The molecule has 0 bridgehead atoms. The zero-order valence-corrected chi connectivity index (χ0v) is 17.2. The fourth-order valence-corrected chi connectivity index (χ4v) is 3.50. The highest BCUT2D eigenvalue weighted by Crippen LogP contribution is 2.29. The van der Waals surface area contributed by atoms with Crippen molar-refractivity contribution in [2.75, 3.05) is 24.5 Å². The summed E-state index contributed by atoms with van der Waals surface area (Å²) in [6.45, 7) is 0.191. The van der Waals surface area contributed by atoms with E-state index in [9.17, 15) is 27.9 Å². The maximum atomic E-state index is 13.1. The Morgan fingerprint density at radius 1 is 1.21 bits per heavy atom. The van der Waals surface area contributed by atoms with Gasteiger partial charge < -0.3 is 19.4 Å². The van der Waals surface area contributed by atoms with Crippen molar-refractivity contribution < 1.29 is 32.4 Å². The quantitative estimate of drug-likeness (QED) is 0.607. The van der Waals surface area contributed by atoms with E-state index in [0.29, 0.717) is 11.4 Å². The van der Waals surface area contributed by atoms with E-state index in [4.69, 9.17) is 5.26 Å². The molecule has 1 aliphatic heterocycles. The molecule has 1 saturated heterocycles. The first-order chi connectivity index (χ1) is 16.2. The molecule has 174 valence electrons. The molecule has 1 N–H and O–H groups in total. The van der Waals surface area contributed by atoms with Gasteiger partial charge in [0.05, 0.1) is 12.1 Å². The van der Waals surface area contributed by atoms with E-state index in [1.54, 1.807) is 0 Å². The van der Waals surface area contributed by atoms with Crippen molar-refractivity contribution in [3.63, 3.8) is 0 Å². The number of carbonyl (C=O) groups is 2. The number of aliphatic carboxylic acids is 1. The third-order valence-electron chi connectivity index (χ3n) is 5.16. The van der Waals surface area contributed by atoms with E-state index in [1.807, 2.05) is 6.07 Å². The standard InChI is InChI=1S/C21H15F3N6O4/c22-21(23,24)20-27-17(28-34-20)13-2-1-3-14(8-13)18(31)29-6-7-30(15(11-29)19(32)33)16-5-4-12(9-25)10-26-16/h1-5,8,10,15H,6-7,11H2,(H,32,33). The third-order valence-corrected chi connectivity index (χ3v) is 5.16. The molecule has 3 heterocycles. The Labute approximate surface area is 189 Å². The Morgan fingerprint density at radius 3 is 2.62 bits per heavy atom. The molecular weight excluding hydrogens is 457 g/mol. The zero-order chi connectivity index (χ0) is 24.5. The highest BCUT2D eigenvalue weighted by molar-refractivity contribution is 5.96. The van der Waals surface area contributed by atoms with Gasteiger partial charge in [-0.05, 0) is 24.3 Å². The summed E-state index contributed by atoms with van der Waals surface area (Å²) >= 11 is 0. The van der Waals surface area contributed by atoms with Crippen molar-refractivity contribution in [2.24, 2.45) is 0 Å². The molecule has 0 saturated carbocycles. The number of carboxylic acid groups (broad SMARTS) is 1. The van der Waals surface area contributed by atoms with Crippen LogP contribution in [0.15, 0.2) is 47.1 Å². The van der Waals surface area contributed by atoms with Crippen LogP contribution in [0.2, 0.25) is 0 Å². The van der Waals surface area contributed by atoms with Gasteiger partial charge in [0.25, 0.3) is 5.91 Å². The Balaban J connectivity index is 1.53. The minimum Gasteiger partial charge on any atom is -0.480 e. The van der Waals surface area contributed by atoms with Gasteiger partial charge in [0, 0.05) is 30.4 Å². The normalized spacial score (nSPS) is 16.2. The van der Waals surface area contributed by atoms with Crippen molar-refractivity contribution in [1.29, 1.82) is 5.26 Å². The average molecular weight is 472 g/mol. The van der Waals surface area contributed by atoms with E-state index in [2.05, 4.69) is 19.6 Å². The number of benzene rings is 1. The highest BCUT2D eigenvalue weighted by atomic mass is 19.4. The van der Waals surface area contributed by atoms with Gasteiger partial charge in [-0.1, -0.05) is 17.3 Å². The van der Waals surface area contributed by atoms with Crippen LogP contribution in [0.4, 0.5) is 19.0 Å². The summed E-state index contributed by atoms with van der Waals surface area (Å²) in [7, 11) is 0. The van der Waals surface area contributed by atoms with Crippen LogP contribution in [0.1, 0.15) is 21.8 Å². The first-order valence-corrected chi connectivity index (χ1v) is 9.83. The topological polar surface area (TPSA) is 136 Å². The van der Waals surface area contributed by atoms with Gasteiger partial charge in [-0.3, -0.25) is 4.79 Å². The summed E-state index contributed by atoms with van der Waals surface area (Å²) in [6.07, 6.45) is -3.46. The number of nitriles is 1. The molecule has 1 amide bonds. The molecule has 0 aliphatic carbocycles. The Kier molecular flexibility index (Phi) is 5.89. The lowest BCUT2D eigenvalue weighted by molar-refractivity contribution is -0.159. The number of anilines is 1. The number of carbonyl (C=O) groups excluding carboxylic acids is 1. The monoisotopic (exact) mass is 472 g/mol.